The molecule has 0 spiro atoms. The van der Waals surface area contributed by atoms with E-state index in [0.29, 0.717) is 13.1 Å². The molecule has 2 rings (SSSR count). The van der Waals surface area contributed by atoms with Crippen molar-refractivity contribution in [2.75, 3.05) is 7.05 Å². The van der Waals surface area contributed by atoms with Crippen molar-refractivity contribution in [3.05, 3.63) is 35.0 Å². The lowest BCUT2D eigenvalue weighted by Gasteiger charge is -2.12. The van der Waals surface area contributed by atoms with Crippen molar-refractivity contribution < 1.29 is 4.52 Å². The van der Waals surface area contributed by atoms with Gasteiger partial charge in [0.05, 0.1) is 17.9 Å². The van der Waals surface area contributed by atoms with E-state index in [0.717, 1.165) is 41.5 Å². The molecule has 0 amide bonds. The molecule has 0 aliphatic carbocycles. The predicted octanol–water partition coefficient (Wildman–Crippen LogP) is 1.40. The smallest absolute Gasteiger partial charge is 0.191 e. The molecule has 2 aromatic rings. The van der Waals surface area contributed by atoms with Crippen LogP contribution in [0, 0.1) is 0 Å². The Bertz CT molecular complexity index is 606. The Morgan fingerprint density at radius 3 is 2.64 bits per heavy atom. The van der Waals surface area contributed by atoms with Gasteiger partial charge >= 0.3 is 0 Å². The van der Waals surface area contributed by atoms with Gasteiger partial charge in [-0.05, 0) is 12.5 Å². The van der Waals surface area contributed by atoms with Crippen molar-refractivity contribution in [1.82, 2.24) is 25.6 Å². The van der Waals surface area contributed by atoms with E-state index in [1.54, 1.807) is 13.2 Å². The third-order valence-corrected chi connectivity index (χ3v) is 3.62. The molecule has 0 aromatic carbocycles. The molecule has 7 heteroatoms. The standard InChI is InChI=1S/C15H24N6O/c1-5-13-12(14(6-2)22-20-13)10-18-15(16-3)17-9-11-7-8-19-21(11)4/h7-8H,5-6,9-10H2,1-4H3,(H2,16,17,18). The van der Waals surface area contributed by atoms with E-state index < -0.39 is 0 Å². The van der Waals surface area contributed by atoms with Crippen LogP contribution in [-0.4, -0.2) is 27.9 Å². The molecular formula is C15H24N6O. The van der Waals surface area contributed by atoms with E-state index >= 15 is 0 Å². The number of nitrogens with one attached hydrogen (secondary N) is 2. The lowest BCUT2D eigenvalue weighted by Crippen LogP contribution is -2.37. The average molecular weight is 304 g/mol. The second-order valence-electron chi connectivity index (χ2n) is 4.96. The van der Waals surface area contributed by atoms with Gasteiger partial charge in [0.1, 0.15) is 5.76 Å². The second kappa shape index (κ2) is 7.63. The molecule has 7 nitrogen and oxygen atoms in total. The second-order valence-corrected chi connectivity index (χ2v) is 4.96. The fourth-order valence-corrected chi connectivity index (χ4v) is 2.28. The van der Waals surface area contributed by atoms with Gasteiger partial charge in [-0.1, -0.05) is 19.0 Å². The first kappa shape index (κ1) is 16.1. The van der Waals surface area contributed by atoms with Gasteiger partial charge in [-0.15, -0.1) is 0 Å². The van der Waals surface area contributed by atoms with Crippen molar-refractivity contribution in [1.29, 1.82) is 0 Å². The van der Waals surface area contributed by atoms with Gasteiger partial charge in [0, 0.05) is 38.8 Å². The van der Waals surface area contributed by atoms with Crippen molar-refractivity contribution in [2.45, 2.75) is 39.8 Å². The fourth-order valence-electron chi connectivity index (χ4n) is 2.28. The lowest BCUT2D eigenvalue weighted by molar-refractivity contribution is 0.380. The molecule has 0 radical (unpaired) electrons. The van der Waals surface area contributed by atoms with E-state index in [1.807, 2.05) is 17.8 Å². The third kappa shape index (κ3) is 3.66. The maximum absolute atomic E-state index is 5.37. The summed E-state index contributed by atoms with van der Waals surface area (Å²) in [6.45, 7) is 5.47. The molecule has 0 saturated carbocycles. The molecule has 2 N–H and O–H groups in total. The van der Waals surface area contributed by atoms with E-state index in [4.69, 9.17) is 4.52 Å². The number of aromatic nitrogens is 3. The first-order valence-electron chi connectivity index (χ1n) is 7.57. The van der Waals surface area contributed by atoms with Crippen LogP contribution < -0.4 is 10.6 Å². The van der Waals surface area contributed by atoms with Gasteiger partial charge in [-0.2, -0.15) is 5.10 Å². The monoisotopic (exact) mass is 304 g/mol. The summed E-state index contributed by atoms with van der Waals surface area (Å²) >= 11 is 0. The summed E-state index contributed by atoms with van der Waals surface area (Å²) in [7, 11) is 3.68. The summed E-state index contributed by atoms with van der Waals surface area (Å²) in [5.41, 5.74) is 3.23. The highest BCUT2D eigenvalue weighted by atomic mass is 16.5. The largest absolute Gasteiger partial charge is 0.361 e. The number of nitrogens with zero attached hydrogens (tertiary/aromatic N) is 4. The molecule has 0 atom stereocenters. The number of rotatable bonds is 6. The van der Waals surface area contributed by atoms with Gasteiger partial charge in [-0.25, -0.2) is 0 Å². The van der Waals surface area contributed by atoms with E-state index in [2.05, 4.69) is 39.7 Å². The van der Waals surface area contributed by atoms with Gasteiger partial charge in [-0.3, -0.25) is 9.67 Å². The van der Waals surface area contributed by atoms with Crippen LogP contribution in [0.15, 0.2) is 21.8 Å². The zero-order valence-corrected chi connectivity index (χ0v) is 13.7. The molecule has 0 saturated heterocycles. The number of hydrogen-bond acceptors (Lipinski definition) is 4. The quantitative estimate of drug-likeness (QED) is 0.623. The zero-order chi connectivity index (χ0) is 15.9. The van der Waals surface area contributed by atoms with Crippen LogP contribution in [0.25, 0.3) is 0 Å². The van der Waals surface area contributed by atoms with Crippen LogP contribution in [0.3, 0.4) is 0 Å². The number of aryl methyl sites for hydroxylation is 3. The topological polar surface area (TPSA) is 80.3 Å². The summed E-state index contributed by atoms with van der Waals surface area (Å²) in [6.07, 6.45) is 3.48. The molecular weight excluding hydrogens is 280 g/mol. The highest BCUT2D eigenvalue weighted by Crippen LogP contribution is 2.15. The molecule has 0 aliphatic rings. The lowest BCUT2D eigenvalue weighted by atomic mass is 10.1. The Morgan fingerprint density at radius 1 is 1.27 bits per heavy atom. The number of hydrogen-bond donors (Lipinski definition) is 2. The number of aliphatic imine (C=N–C) groups is 1. The summed E-state index contributed by atoms with van der Waals surface area (Å²) in [5.74, 6) is 1.68. The predicted molar refractivity (Wildman–Crippen MR) is 85.5 cm³/mol. The minimum Gasteiger partial charge on any atom is -0.361 e. The average Bonchev–Trinajstić information content (AvgIpc) is 3.13. The maximum Gasteiger partial charge on any atom is 0.191 e. The minimum absolute atomic E-state index is 0.654. The van der Waals surface area contributed by atoms with E-state index in [9.17, 15) is 0 Å². The summed E-state index contributed by atoms with van der Waals surface area (Å²) in [4.78, 5) is 4.24. The molecule has 0 fully saturated rings. The Kier molecular flexibility index (Phi) is 5.57. The minimum atomic E-state index is 0.654. The summed E-state index contributed by atoms with van der Waals surface area (Å²) in [6, 6.07) is 1.98. The van der Waals surface area contributed by atoms with Gasteiger partial charge < -0.3 is 15.2 Å². The molecule has 0 bridgehead atoms. The normalized spacial score (nSPS) is 11.7. The van der Waals surface area contributed by atoms with E-state index in [-0.39, 0.29) is 0 Å². The van der Waals surface area contributed by atoms with Crippen LogP contribution in [0.5, 0.6) is 0 Å². The van der Waals surface area contributed by atoms with Crippen LogP contribution >= 0.6 is 0 Å². The molecule has 0 aliphatic heterocycles. The van der Waals surface area contributed by atoms with Crippen molar-refractivity contribution in [2.24, 2.45) is 12.0 Å². The van der Waals surface area contributed by atoms with E-state index in [1.165, 1.54) is 0 Å². The van der Waals surface area contributed by atoms with Crippen molar-refractivity contribution in [3.63, 3.8) is 0 Å². The Hall–Kier alpha value is -2.31. The Labute approximate surface area is 130 Å². The fraction of sp³-hybridized carbons (Fsp3) is 0.533. The number of guanidine groups is 1. The van der Waals surface area contributed by atoms with Crippen LogP contribution in [0.1, 0.15) is 36.6 Å². The first-order valence-corrected chi connectivity index (χ1v) is 7.57. The summed E-state index contributed by atoms with van der Waals surface area (Å²) < 4.78 is 7.21. The highest BCUT2D eigenvalue weighted by molar-refractivity contribution is 5.79. The maximum atomic E-state index is 5.37. The Balaban J connectivity index is 1.94. The van der Waals surface area contributed by atoms with Crippen molar-refractivity contribution in [3.8, 4) is 0 Å². The SMILES string of the molecule is CCc1noc(CC)c1CNC(=NC)NCc1ccnn1C. The van der Waals surface area contributed by atoms with Crippen molar-refractivity contribution >= 4 is 5.96 Å². The van der Waals surface area contributed by atoms with Crippen LogP contribution in [0.2, 0.25) is 0 Å². The van der Waals surface area contributed by atoms with Gasteiger partial charge in [0.15, 0.2) is 5.96 Å². The molecule has 2 aromatic heterocycles. The highest BCUT2D eigenvalue weighted by Gasteiger charge is 2.13. The van der Waals surface area contributed by atoms with Crippen LogP contribution in [-0.2, 0) is 33.0 Å². The Morgan fingerprint density at radius 2 is 2.05 bits per heavy atom. The summed E-state index contributed by atoms with van der Waals surface area (Å²) in [5, 5.41) is 14.9. The van der Waals surface area contributed by atoms with Gasteiger partial charge in [0.2, 0.25) is 0 Å². The zero-order valence-electron chi connectivity index (χ0n) is 13.7. The van der Waals surface area contributed by atoms with Gasteiger partial charge in [0.25, 0.3) is 0 Å². The molecule has 22 heavy (non-hydrogen) atoms. The molecule has 2 heterocycles. The molecule has 0 unspecified atom stereocenters. The molecule has 120 valence electrons. The third-order valence-electron chi connectivity index (χ3n) is 3.62. The first-order chi connectivity index (χ1) is 10.7. The van der Waals surface area contributed by atoms with Crippen LogP contribution in [0.4, 0.5) is 0 Å².